The van der Waals surface area contributed by atoms with Crippen LogP contribution >= 0.6 is 0 Å². The lowest BCUT2D eigenvalue weighted by atomic mass is 10.1. The summed E-state index contributed by atoms with van der Waals surface area (Å²) in [5.74, 6) is 0.505. The molecule has 1 aromatic heterocycles. The second-order valence-electron chi connectivity index (χ2n) is 4.46. The fourth-order valence-corrected chi connectivity index (χ4v) is 1.74. The van der Waals surface area contributed by atoms with Crippen molar-refractivity contribution in [2.45, 2.75) is 19.8 Å². The number of nitrogens with two attached hydrogens (primary N) is 1. The van der Waals surface area contributed by atoms with E-state index in [0.29, 0.717) is 17.9 Å². The number of nitrogens with zero attached hydrogens (tertiary/aromatic N) is 1. The van der Waals surface area contributed by atoms with Gasteiger partial charge in [-0.15, -0.1) is 0 Å². The van der Waals surface area contributed by atoms with Gasteiger partial charge in [-0.3, -0.25) is 4.79 Å². The van der Waals surface area contributed by atoms with Gasteiger partial charge < -0.3 is 11.1 Å². The van der Waals surface area contributed by atoms with Crippen molar-refractivity contribution in [3.8, 4) is 0 Å². The zero-order valence-corrected chi connectivity index (χ0v) is 10.9. The fraction of sp³-hybridized carbons (Fsp3) is 0.200. The molecule has 0 aliphatic heterocycles. The Bertz CT molecular complexity index is 567. The number of aryl methyl sites for hydroxylation is 2. The minimum atomic E-state index is -0.0412. The number of carbonyl (C=O) groups is 1. The summed E-state index contributed by atoms with van der Waals surface area (Å²) in [5, 5.41) is 2.77. The molecule has 0 spiro atoms. The summed E-state index contributed by atoms with van der Waals surface area (Å²) >= 11 is 0. The van der Waals surface area contributed by atoms with Gasteiger partial charge >= 0.3 is 0 Å². The van der Waals surface area contributed by atoms with E-state index in [9.17, 15) is 4.79 Å². The summed E-state index contributed by atoms with van der Waals surface area (Å²) in [6.45, 7) is 1.89. The number of benzene rings is 1. The van der Waals surface area contributed by atoms with Gasteiger partial charge in [-0.25, -0.2) is 4.98 Å². The van der Waals surface area contributed by atoms with Crippen molar-refractivity contribution >= 4 is 17.4 Å². The minimum absolute atomic E-state index is 0.0412. The fourth-order valence-electron chi connectivity index (χ4n) is 1.74. The van der Waals surface area contributed by atoms with Crippen molar-refractivity contribution in [1.29, 1.82) is 0 Å². The number of amides is 1. The maximum Gasteiger partial charge on any atom is 0.225 e. The Labute approximate surface area is 112 Å². The molecule has 2 rings (SSSR count). The van der Waals surface area contributed by atoms with Gasteiger partial charge in [0.15, 0.2) is 0 Å². The Morgan fingerprint density at radius 2 is 2.05 bits per heavy atom. The van der Waals surface area contributed by atoms with Crippen molar-refractivity contribution in [2.75, 3.05) is 11.1 Å². The average molecular weight is 255 g/mol. The summed E-state index contributed by atoms with van der Waals surface area (Å²) in [6, 6.07) is 11.7. The highest BCUT2D eigenvalue weighted by Crippen LogP contribution is 2.13. The summed E-state index contributed by atoms with van der Waals surface area (Å²) in [5.41, 5.74) is 8.37. The van der Waals surface area contributed by atoms with Crippen molar-refractivity contribution in [3.63, 3.8) is 0 Å². The molecule has 0 radical (unpaired) electrons. The van der Waals surface area contributed by atoms with Gasteiger partial charge in [0.2, 0.25) is 5.91 Å². The largest absolute Gasteiger partial charge is 0.397 e. The number of hydrogen-bond acceptors (Lipinski definition) is 3. The minimum Gasteiger partial charge on any atom is -0.397 e. The van der Waals surface area contributed by atoms with E-state index in [1.165, 1.54) is 0 Å². The number of pyridine rings is 1. The highest BCUT2D eigenvalue weighted by atomic mass is 16.1. The van der Waals surface area contributed by atoms with E-state index in [0.717, 1.165) is 17.5 Å². The monoisotopic (exact) mass is 255 g/mol. The first kappa shape index (κ1) is 13.1. The topological polar surface area (TPSA) is 68.0 Å². The third kappa shape index (κ3) is 3.81. The number of hydrogen-bond donors (Lipinski definition) is 2. The Kier molecular flexibility index (Phi) is 4.13. The van der Waals surface area contributed by atoms with E-state index in [1.54, 1.807) is 12.3 Å². The van der Waals surface area contributed by atoms with Gasteiger partial charge in [0, 0.05) is 6.42 Å². The van der Waals surface area contributed by atoms with Crippen LogP contribution in [0.25, 0.3) is 0 Å². The Balaban J connectivity index is 1.89. The molecular formula is C15H17N3O. The highest BCUT2D eigenvalue weighted by molar-refractivity contribution is 5.90. The normalized spacial score (nSPS) is 10.2. The Hall–Kier alpha value is -2.36. The number of rotatable bonds is 4. The van der Waals surface area contributed by atoms with E-state index < -0.39 is 0 Å². The highest BCUT2D eigenvalue weighted by Gasteiger charge is 2.05. The smallest absolute Gasteiger partial charge is 0.225 e. The standard InChI is InChI=1S/C15H17N3O/c1-11-9-14(17-10-13(11)16)18-15(19)8-7-12-5-3-2-4-6-12/h2-6,9-10H,7-8,16H2,1H3,(H,17,18,19). The molecule has 0 fully saturated rings. The number of nitrogens with one attached hydrogen (secondary N) is 1. The van der Waals surface area contributed by atoms with Gasteiger partial charge in [0.05, 0.1) is 11.9 Å². The first-order chi connectivity index (χ1) is 9.15. The van der Waals surface area contributed by atoms with Crippen LogP contribution < -0.4 is 11.1 Å². The Morgan fingerprint density at radius 3 is 2.74 bits per heavy atom. The first-order valence-electron chi connectivity index (χ1n) is 6.21. The molecule has 19 heavy (non-hydrogen) atoms. The van der Waals surface area contributed by atoms with Gasteiger partial charge in [0.1, 0.15) is 5.82 Å². The zero-order chi connectivity index (χ0) is 13.7. The van der Waals surface area contributed by atoms with E-state index >= 15 is 0 Å². The molecule has 0 saturated heterocycles. The summed E-state index contributed by atoms with van der Waals surface area (Å²) in [7, 11) is 0. The molecule has 0 atom stereocenters. The molecule has 0 saturated carbocycles. The first-order valence-corrected chi connectivity index (χ1v) is 6.21. The van der Waals surface area contributed by atoms with Crippen LogP contribution in [0.15, 0.2) is 42.6 Å². The molecule has 0 aliphatic rings. The van der Waals surface area contributed by atoms with Gasteiger partial charge in [-0.2, -0.15) is 0 Å². The second kappa shape index (κ2) is 6.00. The third-order valence-corrected chi connectivity index (χ3v) is 2.90. The zero-order valence-electron chi connectivity index (χ0n) is 10.9. The summed E-state index contributed by atoms with van der Waals surface area (Å²) in [6.07, 6.45) is 2.72. The molecule has 2 aromatic rings. The average Bonchev–Trinajstić information content (AvgIpc) is 2.42. The maximum atomic E-state index is 11.8. The van der Waals surface area contributed by atoms with E-state index in [4.69, 9.17) is 5.73 Å². The third-order valence-electron chi connectivity index (χ3n) is 2.90. The van der Waals surface area contributed by atoms with Crippen molar-refractivity contribution in [1.82, 2.24) is 4.98 Å². The molecule has 3 N–H and O–H groups in total. The molecule has 0 aliphatic carbocycles. The molecule has 98 valence electrons. The quantitative estimate of drug-likeness (QED) is 0.882. The molecule has 4 nitrogen and oxygen atoms in total. The SMILES string of the molecule is Cc1cc(NC(=O)CCc2ccccc2)ncc1N. The number of nitrogen functional groups attached to an aromatic ring is 1. The van der Waals surface area contributed by atoms with Crippen molar-refractivity contribution < 1.29 is 4.79 Å². The van der Waals surface area contributed by atoms with Crippen LogP contribution in [0.4, 0.5) is 11.5 Å². The molecule has 1 aromatic carbocycles. The molecule has 4 heteroatoms. The lowest BCUT2D eigenvalue weighted by Crippen LogP contribution is -2.13. The van der Waals surface area contributed by atoms with Gasteiger partial charge in [-0.05, 0) is 30.5 Å². The van der Waals surface area contributed by atoms with Crippen LogP contribution in [0.1, 0.15) is 17.5 Å². The van der Waals surface area contributed by atoms with Crippen LogP contribution in [0.2, 0.25) is 0 Å². The molecule has 1 amide bonds. The van der Waals surface area contributed by atoms with E-state index in [-0.39, 0.29) is 5.91 Å². The molecular weight excluding hydrogens is 238 g/mol. The summed E-state index contributed by atoms with van der Waals surface area (Å²) in [4.78, 5) is 15.9. The molecule has 0 unspecified atom stereocenters. The summed E-state index contributed by atoms with van der Waals surface area (Å²) < 4.78 is 0. The van der Waals surface area contributed by atoms with Crippen LogP contribution in [0.5, 0.6) is 0 Å². The molecule has 0 bridgehead atoms. The predicted molar refractivity (Wildman–Crippen MR) is 76.8 cm³/mol. The van der Waals surface area contributed by atoms with Crippen molar-refractivity contribution in [2.24, 2.45) is 0 Å². The number of carbonyl (C=O) groups excluding carboxylic acids is 1. The second-order valence-corrected chi connectivity index (χ2v) is 4.46. The van der Waals surface area contributed by atoms with Crippen molar-refractivity contribution in [3.05, 3.63) is 53.7 Å². The van der Waals surface area contributed by atoms with E-state index in [1.807, 2.05) is 37.3 Å². The van der Waals surface area contributed by atoms with Gasteiger partial charge in [-0.1, -0.05) is 30.3 Å². The van der Waals surface area contributed by atoms with Crippen LogP contribution in [-0.2, 0) is 11.2 Å². The van der Waals surface area contributed by atoms with Crippen LogP contribution in [0, 0.1) is 6.92 Å². The Morgan fingerprint density at radius 1 is 1.32 bits per heavy atom. The number of aromatic nitrogens is 1. The van der Waals surface area contributed by atoms with E-state index in [2.05, 4.69) is 10.3 Å². The number of anilines is 2. The predicted octanol–water partition coefficient (Wildman–Crippen LogP) is 2.54. The van der Waals surface area contributed by atoms with Gasteiger partial charge in [0.25, 0.3) is 0 Å². The van der Waals surface area contributed by atoms with Crippen LogP contribution in [-0.4, -0.2) is 10.9 Å². The van der Waals surface area contributed by atoms with Crippen LogP contribution in [0.3, 0.4) is 0 Å². The maximum absolute atomic E-state index is 11.8. The lowest BCUT2D eigenvalue weighted by molar-refractivity contribution is -0.116. The lowest BCUT2D eigenvalue weighted by Gasteiger charge is -2.06. The molecule has 1 heterocycles.